The summed E-state index contributed by atoms with van der Waals surface area (Å²) in [5.41, 5.74) is 1.11. The molecule has 2 aliphatic heterocycles. The molecule has 0 aliphatic carbocycles. The van der Waals surface area contributed by atoms with Crippen LogP contribution in [0.2, 0.25) is 5.02 Å². The summed E-state index contributed by atoms with van der Waals surface area (Å²) in [6, 6.07) is 11.0. The Morgan fingerprint density at radius 3 is 2.68 bits per heavy atom. The predicted octanol–water partition coefficient (Wildman–Crippen LogP) is 3.03. The van der Waals surface area contributed by atoms with Gasteiger partial charge in [-0.1, -0.05) is 54.9 Å². The molecule has 0 bridgehead atoms. The quantitative estimate of drug-likeness (QED) is 0.673. The van der Waals surface area contributed by atoms with E-state index in [2.05, 4.69) is 12.2 Å². The number of nitrogens with zero attached hydrogens (tertiary/aromatic N) is 3. The van der Waals surface area contributed by atoms with Crippen molar-refractivity contribution in [3.05, 3.63) is 57.6 Å². The summed E-state index contributed by atoms with van der Waals surface area (Å²) < 4.78 is 10.8. The van der Waals surface area contributed by atoms with Crippen molar-refractivity contribution in [3.8, 4) is 11.5 Å². The highest BCUT2D eigenvalue weighted by Gasteiger charge is 2.35. The van der Waals surface area contributed by atoms with Gasteiger partial charge < -0.3 is 9.47 Å². The number of hydrogen-bond acceptors (Lipinski definition) is 7. The highest BCUT2D eigenvalue weighted by atomic mass is 35.5. The van der Waals surface area contributed by atoms with Crippen LogP contribution >= 0.6 is 23.4 Å². The summed E-state index contributed by atoms with van der Waals surface area (Å²) in [6.45, 7) is 2.13. The first-order valence-electron chi connectivity index (χ1n) is 9.98. The van der Waals surface area contributed by atoms with Crippen molar-refractivity contribution in [3.63, 3.8) is 0 Å². The Morgan fingerprint density at radius 2 is 1.94 bits per heavy atom. The van der Waals surface area contributed by atoms with E-state index in [1.165, 1.54) is 11.8 Å². The smallest absolute Gasteiger partial charge is 0.276 e. The molecule has 0 aromatic heterocycles. The predicted molar refractivity (Wildman–Crippen MR) is 123 cm³/mol. The third-order valence-corrected chi connectivity index (χ3v) is 6.31. The Morgan fingerprint density at radius 1 is 1.19 bits per heavy atom. The fraction of sp³-hybridized carbons (Fsp3) is 0.318. The normalized spacial score (nSPS) is 17.2. The second kappa shape index (κ2) is 9.20. The van der Waals surface area contributed by atoms with Gasteiger partial charge in [-0.25, -0.2) is 5.01 Å². The van der Waals surface area contributed by atoms with Crippen molar-refractivity contribution in [2.75, 3.05) is 20.0 Å². The van der Waals surface area contributed by atoms with Gasteiger partial charge in [0.15, 0.2) is 22.8 Å². The number of carbonyl (C=O) groups excluding carboxylic acids is 1. The van der Waals surface area contributed by atoms with Gasteiger partial charge in [0.1, 0.15) is 5.70 Å². The minimum Gasteiger partial charge on any atom is -0.493 e. The van der Waals surface area contributed by atoms with Crippen LogP contribution in [0.15, 0.2) is 46.5 Å². The molecule has 2 aliphatic rings. The van der Waals surface area contributed by atoms with Crippen LogP contribution < -0.4 is 25.4 Å². The summed E-state index contributed by atoms with van der Waals surface area (Å²) in [5, 5.41) is 11.8. The van der Waals surface area contributed by atoms with Gasteiger partial charge in [-0.15, -0.1) is 5.10 Å². The monoisotopic (exact) mass is 458 g/mol. The van der Waals surface area contributed by atoms with E-state index in [-0.39, 0.29) is 5.91 Å². The van der Waals surface area contributed by atoms with Gasteiger partial charge in [0.25, 0.3) is 5.91 Å². The van der Waals surface area contributed by atoms with Crippen LogP contribution in [0, 0.1) is 0 Å². The van der Waals surface area contributed by atoms with Crippen molar-refractivity contribution < 1.29 is 14.3 Å². The fourth-order valence-electron chi connectivity index (χ4n) is 3.48. The number of thioether (sulfide) groups is 1. The highest BCUT2D eigenvalue weighted by Crippen LogP contribution is 2.40. The van der Waals surface area contributed by atoms with E-state index in [0.29, 0.717) is 38.3 Å². The molecular formula is C22H23ClN4O3S. The fourth-order valence-corrected chi connectivity index (χ4v) is 4.66. The maximum absolute atomic E-state index is 13.1. The number of para-hydroxylation sites is 1. The lowest BCUT2D eigenvalue weighted by molar-refractivity contribution is -0.116. The van der Waals surface area contributed by atoms with E-state index in [4.69, 9.17) is 31.2 Å². The molecule has 1 unspecified atom stereocenters. The molecule has 0 fully saturated rings. The number of rotatable bonds is 6. The van der Waals surface area contributed by atoms with Gasteiger partial charge in [-0.05, 0) is 18.6 Å². The zero-order chi connectivity index (χ0) is 22.0. The second-order valence-electron chi connectivity index (χ2n) is 7.00. The van der Waals surface area contributed by atoms with Crippen molar-refractivity contribution in [1.82, 2.24) is 10.3 Å². The molecule has 162 valence electrons. The number of benzene rings is 2. The average Bonchev–Trinajstić information content (AvgIpc) is 2.78. The molecule has 9 heteroatoms. The number of hydrogen-bond donors (Lipinski definition) is 1. The molecule has 1 atom stereocenters. The molecule has 0 spiro atoms. The van der Waals surface area contributed by atoms with Crippen molar-refractivity contribution in [1.29, 1.82) is 0 Å². The molecule has 0 saturated heterocycles. The highest BCUT2D eigenvalue weighted by molar-refractivity contribution is 8.13. The van der Waals surface area contributed by atoms with Crippen LogP contribution in [-0.2, 0) is 4.79 Å². The standard InChI is InChI=1S/C22H23ClN4O3S/c1-4-5-10-31-22-25-21(28)19-13-8-6-7-9-16(13)24-20(27(19)26-22)14-11-17(29-2)18(30-3)12-15(14)23/h6-9,11-12,20H,4-5,10H2,1-3H3,(H,25,26,28). The van der Waals surface area contributed by atoms with E-state index in [9.17, 15) is 4.79 Å². The van der Waals surface area contributed by atoms with Crippen LogP contribution in [0.1, 0.15) is 31.5 Å². The second-order valence-corrected chi connectivity index (χ2v) is 8.49. The zero-order valence-corrected chi connectivity index (χ0v) is 19.1. The van der Waals surface area contributed by atoms with Crippen LogP contribution in [0.25, 0.3) is 5.70 Å². The molecule has 2 heterocycles. The lowest BCUT2D eigenvalue weighted by atomic mass is 10.1. The summed E-state index contributed by atoms with van der Waals surface area (Å²) in [4.78, 5) is 18.0. The van der Waals surface area contributed by atoms with Crippen molar-refractivity contribution in [2.45, 2.75) is 25.9 Å². The summed E-state index contributed by atoms with van der Waals surface area (Å²) in [6.07, 6.45) is 1.49. The molecule has 1 amide bonds. The maximum atomic E-state index is 13.1. The number of ether oxygens (including phenoxy) is 2. The number of hydrazone groups is 1. The van der Waals surface area contributed by atoms with E-state index in [0.717, 1.165) is 23.8 Å². The third-order valence-electron chi connectivity index (χ3n) is 5.03. The molecule has 7 nitrogen and oxygen atoms in total. The first-order valence-corrected chi connectivity index (χ1v) is 11.3. The minimum absolute atomic E-state index is 0.210. The number of halogens is 1. The molecule has 0 saturated carbocycles. The number of nitrogens with one attached hydrogen (secondary N) is 1. The van der Waals surface area contributed by atoms with Crippen LogP contribution in [0.4, 0.5) is 0 Å². The first kappa shape index (κ1) is 21.5. The van der Waals surface area contributed by atoms with Gasteiger partial charge >= 0.3 is 0 Å². The SMILES string of the molecule is CCCCSC1=NN2C(=c3ccccc3=NC2c2cc(OC)c(OC)cc2Cl)C(=O)N1. The summed E-state index contributed by atoms with van der Waals surface area (Å²) in [5.74, 6) is 1.71. The molecular weight excluding hydrogens is 436 g/mol. The molecule has 2 aromatic rings. The summed E-state index contributed by atoms with van der Waals surface area (Å²) in [7, 11) is 3.12. The average molecular weight is 459 g/mol. The van der Waals surface area contributed by atoms with Crippen LogP contribution in [0.5, 0.6) is 11.5 Å². The van der Waals surface area contributed by atoms with Gasteiger partial charge in [0.2, 0.25) is 0 Å². The Bertz CT molecular complexity index is 1170. The van der Waals surface area contributed by atoms with Crippen LogP contribution in [0.3, 0.4) is 0 Å². The third kappa shape index (κ3) is 4.09. The van der Waals surface area contributed by atoms with Gasteiger partial charge in [-0.2, -0.15) is 0 Å². The Balaban J connectivity index is 1.88. The zero-order valence-electron chi connectivity index (χ0n) is 17.5. The molecule has 31 heavy (non-hydrogen) atoms. The Kier molecular flexibility index (Phi) is 6.38. The maximum Gasteiger partial charge on any atom is 0.276 e. The van der Waals surface area contributed by atoms with E-state index in [1.807, 2.05) is 24.3 Å². The molecule has 4 rings (SSSR count). The van der Waals surface area contributed by atoms with Gasteiger partial charge in [0.05, 0.1) is 24.6 Å². The number of carbonyl (C=O) groups is 1. The van der Waals surface area contributed by atoms with Crippen molar-refractivity contribution in [2.24, 2.45) is 10.1 Å². The molecule has 0 radical (unpaired) electrons. The molecule has 2 aromatic carbocycles. The lowest BCUT2D eigenvalue weighted by Crippen LogP contribution is -2.50. The number of fused-ring (bicyclic) bond motifs is 2. The lowest BCUT2D eigenvalue weighted by Gasteiger charge is -2.34. The first-order chi connectivity index (χ1) is 15.1. The minimum atomic E-state index is -0.620. The number of amidine groups is 1. The number of unbranched alkanes of at least 4 members (excludes halogenated alkanes) is 1. The van der Waals surface area contributed by atoms with Crippen LogP contribution in [-0.4, -0.2) is 36.1 Å². The van der Waals surface area contributed by atoms with E-state index in [1.54, 1.807) is 31.4 Å². The van der Waals surface area contributed by atoms with Crippen molar-refractivity contribution >= 4 is 40.1 Å². The van der Waals surface area contributed by atoms with E-state index >= 15 is 0 Å². The Labute approximate surface area is 189 Å². The topological polar surface area (TPSA) is 75.5 Å². The van der Waals surface area contributed by atoms with E-state index < -0.39 is 6.17 Å². The Hall–Kier alpha value is -2.71. The van der Waals surface area contributed by atoms with Gasteiger partial charge in [0, 0.05) is 22.6 Å². The number of methoxy groups -OCH3 is 2. The summed E-state index contributed by atoms with van der Waals surface area (Å²) >= 11 is 8.14. The number of amides is 1. The largest absolute Gasteiger partial charge is 0.493 e. The molecule has 1 N–H and O–H groups in total. The van der Waals surface area contributed by atoms with Gasteiger partial charge in [-0.3, -0.25) is 15.1 Å².